The molecule has 0 saturated heterocycles. The first kappa shape index (κ1) is 42.1. The second kappa shape index (κ2) is 17.7. The quantitative estimate of drug-likeness (QED) is 0.134. The smallest absolute Gasteiger partial charge is 0.306 e. The number of esters is 2. The lowest BCUT2D eigenvalue weighted by atomic mass is 9.78. The SMILES string of the molecule is CC(C)(C)c1cc(CCC(=O)OCCOCCCOCCOC(=O)CCc2cc(C(C)(C)C)c(O)c(C(C)(C)C)c2)cc(C(C)(C)C)c1O. The van der Waals surface area contributed by atoms with Crippen LogP contribution in [0.3, 0.4) is 0 Å². The average molecular weight is 685 g/mol. The largest absolute Gasteiger partial charge is 0.507 e. The predicted octanol–water partition coefficient (Wildman–Crippen LogP) is 8.36. The summed E-state index contributed by atoms with van der Waals surface area (Å²) < 4.78 is 21.8. The molecule has 0 radical (unpaired) electrons. The summed E-state index contributed by atoms with van der Waals surface area (Å²) in [6, 6.07) is 7.99. The van der Waals surface area contributed by atoms with Gasteiger partial charge in [-0.3, -0.25) is 9.59 Å². The molecule has 2 aromatic rings. The van der Waals surface area contributed by atoms with E-state index in [4.69, 9.17) is 18.9 Å². The van der Waals surface area contributed by atoms with Crippen molar-refractivity contribution in [1.29, 1.82) is 0 Å². The van der Waals surface area contributed by atoms with Gasteiger partial charge in [-0.05, 0) is 74.3 Å². The maximum absolute atomic E-state index is 12.4. The molecule has 8 heteroatoms. The second-order valence-electron chi connectivity index (χ2n) is 17.1. The summed E-state index contributed by atoms with van der Waals surface area (Å²) in [5.74, 6) is 0.105. The van der Waals surface area contributed by atoms with Gasteiger partial charge in [-0.2, -0.15) is 0 Å². The molecule has 276 valence electrons. The Morgan fingerprint density at radius 2 is 0.776 bits per heavy atom. The third-order valence-electron chi connectivity index (χ3n) is 8.37. The lowest BCUT2D eigenvalue weighted by molar-refractivity contribution is -0.145. The van der Waals surface area contributed by atoms with Crippen molar-refractivity contribution in [3.05, 3.63) is 57.6 Å². The van der Waals surface area contributed by atoms with Gasteiger partial charge in [0, 0.05) is 26.1 Å². The summed E-state index contributed by atoms with van der Waals surface area (Å²) in [6.45, 7) is 26.8. The molecule has 0 aliphatic rings. The van der Waals surface area contributed by atoms with Crippen molar-refractivity contribution < 1.29 is 38.7 Å². The predicted molar refractivity (Wildman–Crippen MR) is 196 cm³/mol. The Morgan fingerprint density at radius 3 is 1.04 bits per heavy atom. The van der Waals surface area contributed by atoms with Gasteiger partial charge >= 0.3 is 11.9 Å². The van der Waals surface area contributed by atoms with E-state index in [2.05, 4.69) is 83.1 Å². The summed E-state index contributed by atoms with van der Waals surface area (Å²) in [4.78, 5) is 24.7. The van der Waals surface area contributed by atoms with Crippen molar-refractivity contribution in [2.75, 3.05) is 39.6 Å². The zero-order chi connectivity index (χ0) is 37.2. The van der Waals surface area contributed by atoms with Crippen LogP contribution in [-0.4, -0.2) is 61.8 Å². The molecule has 8 nitrogen and oxygen atoms in total. The summed E-state index contributed by atoms with van der Waals surface area (Å²) in [5, 5.41) is 21.8. The van der Waals surface area contributed by atoms with Gasteiger partial charge < -0.3 is 29.2 Å². The Balaban J connectivity index is 1.61. The number of rotatable bonds is 16. The number of ether oxygens (including phenoxy) is 4. The lowest BCUT2D eigenvalue weighted by Crippen LogP contribution is -2.18. The van der Waals surface area contributed by atoms with Crippen LogP contribution in [0.4, 0.5) is 0 Å². The molecule has 0 unspecified atom stereocenters. The Labute approximate surface area is 295 Å². The highest BCUT2D eigenvalue weighted by Crippen LogP contribution is 2.41. The zero-order valence-corrected chi connectivity index (χ0v) is 32.4. The number of phenolic OH excluding ortho intramolecular Hbond substituents is 2. The van der Waals surface area contributed by atoms with Gasteiger partial charge in [0.25, 0.3) is 0 Å². The molecule has 0 aliphatic heterocycles. The van der Waals surface area contributed by atoms with E-state index in [1.807, 2.05) is 24.3 Å². The molecule has 2 rings (SSSR count). The van der Waals surface area contributed by atoms with E-state index < -0.39 is 0 Å². The molecule has 0 amide bonds. The van der Waals surface area contributed by atoms with Crippen molar-refractivity contribution in [3.8, 4) is 11.5 Å². The van der Waals surface area contributed by atoms with Crippen LogP contribution in [0.5, 0.6) is 11.5 Å². The summed E-state index contributed by atoms with van der Waals surface area (Å²) in [5.41, 5.74) is 4.66. The number of carbonyl (C=O) groups excluding carboxylic acids is 2. The minimum Gasteiger partial charge on any atom is -0.507 e. The van der Waals surface area contributed by atoms with E-state index in [1.165, 1.54) is 0 Å². The van der Waals surface area contributed by atoms with Gasteiger partial charge in [0.15, 0.2) is 0 Å². The minimum absolute atomic E-state index is 0.185. The van der Waals surface area contributed by atoms with Crippen molar-refractivity contribution in [1.82, 2.24) is 0 Å². The van der Waals surface area contributed by atoms with E-state index >= 15 is 0 Å². The monoisotopic (exact) mass is 684 g/mol. The van der Waals surface area contributed by atoms with Gasteiger partial charge in [-0.15, -0.1) is 0 Å². The number of benzene rings is 2. The molecule has 2 aromatic carbocycles. The molecular weight excluding hydrogens is 620 g/mol. The van der Waals surface area contributed by atoms with Crippen LogP contribution in [-0.2, 0) is 63.0 Å². The van der Waals surface area contributed by atoms with E-state index in [0.29, 0.717) is 57.2 Å². The van der Waals surface area contributed by atoms with Crippen LogP contribution in [0, 0.1) is 0 Å². The highest BCUT2D eigenvalue weighted by Gasteiger charge is 2.28. The molecular formula is C41H64O8. The zero-order valence-electron chi connectivity index (χ0n) is 32.4. The number of aromatic hydroxyl groups is 2. The van der Waals surface area contributed by atoms with Crippen molar-refractivity contribution in [2.45, 2.75) is 137 Å². The topological polar surface area (TPSA) is 112 Å². The standard InChI is InChI=1S/C41H64O8/c1-38(2,3)30-24-28(25-31(36(30)44)39(4,5)6)14-16-34(42)48-22-20-46-18-13-19-47-21-23-49-35(43)17-15-29-26-32(40(7,8)9)37(45)33(27-29)41(10,11)12/h24-27,44-45H,13-23H2,1-12H3. The Kier molecular flexibility index (Phi) is 15.2. The van der Waals surface area contributed by atoms with Crippen molar-refractivity contribution in [3.63, 3.8) is 0 Å². The highest BCUT2D eigenvalue weighted by molar-refractivity contribution is 5.70. The van der Waals surface area contributed by atoms with Gasteiger partial charge in [0.05, 0.1) is 13.2 Å². The van der Waals surface area contributed by atoms with Crippen LogP contribution < -0.4 is 0 Å². The average Bonchev–Trinajstić information content (AvgIpc) is 2.96. The fourth-order valence-corrected chi connectivity index (χ4v) is 5.50. The summed E-state index contributed by atoms with van der Waals surface area (Å²) in [6.07, 6.45) is 2.25. The van der Waals surface area contributed by atoms with E-state index in [0.717, 1.165) is 33.4 Å². The Morgan fingerprint density at radius 1 is 0.490 bits per heavy atom. The normalized spacial score (nSPS) is 12.7. The number of hydrogen-bond acceptors (Lipinski definition) is 8. The van der Waals surface area contributed by atoms with Crippen LogP contribution in [0.1, 0.15) is 136 Å². The lowest BCUT2D eigenvalue weighted by Gasteiger charge is -2.28. The molecule has 0 fully saturated rings. The fraction of sp³-hybridized carbons (Fsp3) is 0.659. The summed E-state index contributed by atoms with van der Waals surface area (Å²) >= 11 is 0. The molecule has 0 spiro atoms. The van der Waals surface area contributed by atoms with E-state index in [-0.39, 0.29) is 59.7 Å². The molecule has 2 N–H and O–H groups in total. The third kappa shape index (κ3) is 14.0. The second-order valence-corrected chi connectivity index (χ2v) is 17.1. The first-order valence-electron chi connectivity index (χ1n) is 17.7. The molecule has 0 atom stereocenters. The van der Waals surface area contributed by atoms with Crippen LogP contribution >= 0.6 is 0 Å². The number of phenols is 2. The maximum atomic E-state index is 12.4. The Hall–Kier alpha value is -3.10. The van der Waals surface area contributed by atoms with Crippen molar-refractivity contribution in [2.24, 2.45) is 0 Å². The molecule has 0 aliphatic carbocycles. The number of carbonyl (C=O) groups is 2. The molecule has 0 bridgehead atoms. The fourth-order valence-electron chi connectivity index (χ4n) is 5.50. The van der Waals surface area contributed by atoms with Gasteiger partial charge in [-0.1, -0.05) is 107 Å². The minimum atomic E-state index is -0.281. The summed E-state index contributed by atoms with van der Waals surface area (Å²) in [7, 11) is 0. The van der Waals surface area contributed by atoms with Crippen molar-refractivity contribution >= 4 is 11.9 Å². The molecule has 49 heavy (non-hydrogen) atoms. The third-order valence-corrected chi connectivity index (χ3v) is 8.37. The maximum Gasteiger partial charge on any atom is 0.306 e. The number of hydrogen-bond donors (Lipinski definition) is 2. The van der Waals surface area contributed by atoms with Crippen LogP contribution in [0.2, 0.25) is 0 Å². The van der Waals surface area contributed by atoms with Crippen LogP contribution in [0.25, 0.3) is 0 Å². The van der Waals surface area contributed by atoms with Crippen LogP contribution in [0.15, 0.2) is 24.3 Å². The van der Waals surface area contributed by atoms with E-state index in [9.17, 15) is 19.8 Å². The first-order chi connectivity index (χ1) is 22.5. The molecule has 0 heterocycles. The molecule has 0 saturated carbocycles. The number of aryl methyl sites for hydroxylation is 2. The van der Waals surface area contributed by atoms with Gasteiger partial charge in [-0.25, -0.2) is 0 Å². The van der Waals surface area contributed by atoms with Gasteiger partial charge in [0.2, 0.25) is 0 Å². The van der Waals surface area contributed by atoms with Gasteiger partial charge in [0.1, 0.15) is 24.7 Å². The Bertz CT molecular complexity index is 1200. The molecule has 0 aromatic heterocycles. The first-order valence-corrected chi connectivity index (χ1v) is 17.7. The highest BCUT2D eigenvalue weighted by atomic mass is 16.6. The van der Waals surface area contributed by atoms with E-state index in [1.54, 1.807) is 0 Å².